The summed E-state index contributed by atoms with van der Waals surface area (Å²) in [6, 6.07) is 2.23. The molecule has 0 unspecified atom stereocenters. The standard InChI is InChI=1S/C13H18F2N2O5/c1-3-16(4-5-18)8-9-6-11(21-2)12(22-13(14)15)7-10(9)17(19)20/h6-7,13,18H,3-5,8H2,1-2H3. The Morgan fingerprint density at radius 2 is 2.09 bits per heavy atom. The maximum absolute atomic E-state index is 12.4. The Bertz CT molecular complexity index is 513. The number of alkyl halides is 2. The average Bonchev–Trinajstić information content (AvgIpc) is 2.46. The van der Waals surface area contributed by atoms with Crippen LogP contribution in [0.4, 0.5) is 14.5 Å². The van der Waals surface area contributed by atoms with E-state index < -0.39 is 17.3 Å². The lowest BCUT2D eigenvalue weighted by Crippen LogP contribution is -2.26. The molecule has 0 fully saturated rings. The van der Waals surface area contributed by atoms with Gasteiger partial charge in [-0.1, -0.05) is 6.92 Å². The van der Waals surface area contributed by atoms with E-state index in [-0.39, 0.29) is 24.6 Å². The van der Waals surface area contributed by atoms with Gasteiger partial charge in [0.1, 0.15) is 0 Å². The lowest BCUT2D eigenvalue weighted by Gasteiger charge is -2.20. The van der Waals surface area contributed by atoms with E-state index in [1.54, 1.807) is 4.90 Å². The number of nitro benzene ring substituents is 1. The molecule has 0 aromatic heterocycles. The highest BCUT2D eigenvalue weighted by molar-refractivity contribution is 5.54. The third-order valence-corrected chi connectivity index (χ3v) is 3.04. The van der Waals surface area contributed by atoms with Crippen molar-refractivity contribution in [3.05, 3.63) is 27.8 Å². The van der Waals surface area contributed by atoms with Crippen molar-refractivity contribution < 1.29 is 28.3 Å². The van der Waals surface area contributed by atoms with Crippen LogP contribution in [0.3, 0.4) is 0 Å². The monoisotopic (exact) mass is 320 g/mol. The Hall–Kier alpha value is -2.00. The number of aliphatic hydroxyl groups is 1. The first-order valence-electron chi connectivity index (χ1n) is 6.56. The fourth-order valence-electron chi connectivity index (χ4n) is 1.97. The van der Waals surface area contributed by atoms with Gasteiger partial charge in [-0.05, 0) is 12.6 Å². The first-order valence-corrected chi connectivity index (χ1v) is 6.56. The molecule has 9 heteroatoms. The van der Waals surface area contributed by atoms with Crippen LogP contribution in [-0.2, 0) is 6.54 Å². The van der Waals surface area contributed by atoms with Crippen molar-refractivity contribution in [3.8, 4) is 11.5 Å². The number of rotatable bonds is 9. The molecule has 0 aliphatic rings. The zero-order valence-corrected chi connectivity index (χ0v) is 12.3. The fraction of sp³-hybridized carbons (Fsp3) is 0.538. The number of methoxy groups -OCH3 is 1. The quantitative estimate of drug-likeness (QED) is 0.553. The van der Waals surface area contributed by atoms with E-state index in [1.807, 2.05) is 6.92 Å². The van der Waals surface area contributed by atoms with E-state index in [2.05, 4.69) is 4.74 Å². The highest BCUT2D eigenvalue weighted by atomic mass is 19.3. The molecule has 22 heavy (non-hydrogen) atoms. The van der Waals surface area contributed by atoms with Gasteiger partial charge in [-0.15, -0.1) is 0 Å². The topological polar surface area (TPSA) is 85.1 Å². The molecule has 0 radical (unpaired) electrons. The average molecular weight is 320 g/mol. The minimum Gasteiger partial charge on any atom is -0.493 e. The summed E-state index contributed by atoms with van der Waals surface area (Å²) in [6.45, 7) is -0.279. The number of likely N-dealkylation sites (N-methyl/N-ethyl adjacent to an activating group) is 1. The summed E-state index contributed by atoms with van der Waals surface area (Å²) < 4.78 is 33.9. The molecule has 0 spiro atoms. The van der Waals surface area contributed by atoms with E-state index in [4.69, 9.17) is 9.84 Å². The van der Waals surface area contributed by atoms with Gasteiger partial charge in [0, 0.05) is 18.7 Å². The Morgan fingerprint density at radius 3 is 2.55 bits per heavy atom. The Kier molecular flexibility index (Phi) is 6.93. The van der Waals surface area contributed by atoms with Gasteiger partial charge in [0.25, 0.3) is 5.69 Å². The van der Waals surface area contributed by atoms with Crippen molar-refractivity contribution in [1.82, 2.24) is 4.90 Å². The van der Waals surface area contributed by atoms with Crippen molar-refractivity contribution in [2.45, 2.75) is 20.1 Å². The second-order valence-corrected chi connectivity index (χ2v) is 4.36. The molecular weight excluding hydrogens is 302 g/mol. The zero-order chi connectivity index (χ0) is 16.7. The molecule has 0 saturated carbocycles. The minimum absolute atomic E-state index is 0.0130. The Labute approximate surface area is 126 Å². The second-order valence-electron chi connectivity index (χ2n) is 4.36. The summed E-state index contributed by atoms with van der Waals surface area (Å²) in [7, 11) is 1.26. The van der Waals surface area contributed by atoms with Crippen molar-refractivity contribution in [2.24, 2.45) is 0 Å². The smallest absolute Gasteiger partial charge is 0.387 e. The molecule has 1 aromatic rings. The van der Waals surface area contributed by atoms with Crippen LogP contribution in [0.25, 0.3) is 0 Å². The number of nitro groups is 1. The lowest BCUT2D eigenvalue weighted by molar-refractivity contribution is -0.385. The van der Waals surface area contributed by atoms with Crippen molar-refractivity contribution in [3.63, 3.8) is 0 Å². The number of nitrogens with zero attached hydrogens (tertiary/aromatic N) is 2. The Morgan fingerprint density at radius 1 is 1.41 bits per heavy atom. The molecule has 0 amide bonds. The Balaban J connectivity index is 3.22. The van der Waals surface area contributed by atoms with Crippen molar-refractivity contribution in [2.75, 3.05) is 26.8 Å². The van der Waals surface area contributed by atoms with Crippen LogP contribution in [0.5, 0.6) is 11.5 Å². The number of hydrogen-bond donors (Lipinski definition) is 1. The van der Waals surface area contributed by atoms with Crippen LogP contribution in [0.1, 0.15) is 12.5 Å². The minimum atomic E-state index is -3.11. The number of halogens is 2. The summed E-state index contributed by atoms with van der Waals surface area (Å²) in [5.74, 6) is -0.404. The van der Waals surface area contributed by atoms with Crippen LogP contribution in [0, 0.1) is 10.1 Å². The molecule has 0 bridgehead atoms. The van der Waals surface area contributed by atoms with E-state index in [0.717, 1.165) is 6.07 Å². The normalized spacial score (nSPS) is 11.0. The van der Waals surface area contributed by atoms with Gasteiger partial charge in [0.2, 0.25) is 0 Å². The molecule has 124 valence electrons. The van der Waals surface area contributed by atoms with Crippen LogP contribution in [0.2, 0.25) is 0 Å². The number of aliphatic hydroxyl groups excluding tert-OH is 1. The van der Waals surface area contributed by atoms with Crippen LogP contribution >= 0.6 is 0 Å². The highest BCUT2D eigenvalue weighted by Crippen LogP contribution is 2.36. The fourth-order valence-corrected chi connectivity index (χ4v) is 1.97. The lowest BCUT2D eigenvalue weighted by atomic mass is 10.1. The van der Waals surface area contributed by atoms with Gasteiger partial charge in [-0.25, -0.2) is 0 Å². The molecule has 0 aliphatic carbocycles. The summed E-state index contributed by atoms with van der Waals surface area (Å²) in [6.07, 6.45) is 0. The second kappa shape index (κ2) is 8.44. The first kappa shape index (κ1) is 18.1. The van der Waals surface area contributed by atoms with Crippen LogP contribution in [-0.4, -0.2) is 48.3 Å². The van der Waals surface area contributed by atoms with Crippen LogP contribution in [0.15, 0.2) is 12.1 Å². The maximum Gasteiger partial charge on any atom is 0.387 e. The third kappa shape index (κ3) is 4.78. The summed E-state index contributed by atoms with van der Waals surface area (Å²) >= 11 is 0. The van der Waals surface area contributed by atoms with Gasteiger partial charge in [-0.3, -0.25) is 15.0 Å². The highest BCUT2D eigenvalue weighted by Gasteiger charge is 2.22. The molecule has 0 atom stereocenters. The van der Waals surface area contributed by atoms with Gasteiger partial charge >= 0.3 is 6.61 Å². The largest absolute Gasteiger partial charge is 0.493 e. The number of hydrogen-bond acceptors (Lipinski definition) is 6. The van der Waals surface area contributed by atoms with Gasteiger partial charge in [0.05, 0.1) is 24.7 Å². The predicted octanol–water partition coefficient (Wildman–Crippen LogP) is 2.02. The van der Waals surface area contributed by atoms with E-state index in [9.17, 15) is 18.9 Å². The molecule has 0 heterocycles. The molecular formula is C13H18F2N2O5. The molecule has 1 aromatic carbocycles. The maximum atomic E-state index is 12.4. The van der Waals surface area contributed by atoms with E-state index in [0.29, 0.717) is 18.7 Å². The van der Waals surface area contributed by atoms with Gasteiger partial charge < -0.3 is 14.6 Å². The molecule has 1 rings (SSSR count). The van der Waals surface area contributed by atoms with E-state index >= 15 is 0 Å². The van der Waals surface area contributed by atoms with Gasteiger partial charge in [0.15, 0.2) is 11.5 Å². The molecule has 0 saturated heterocycles. The van der Waals surface area contributed by atoms with Crippen molar-refractivity contribution >= 4 is 5.69 Å². The van der Waals surface area contributed by atoms with E-state index in [1.165, 1.54) is 13.2 Å². The molecule has 7 nitrogen and oxygen atoms in total. The molecule has 1 N–H and O–H groups in total. The number of benzene rings is 1. The third-order valence-electron chi connectivity index (χ3n) is 3.04. The molecule has 0 aliphatic heterocycles. The van der Waals surface area contributed by atoms with Crippen LogP contribution < -0.4 is 9.47 Å². The number of ether oxygens (including phenoxy) is 2. The SMILES string of the molecule is CCN(CCO)Cc1cc(OC)c(OC(F)F)cc1[N+](=O)[O-]. The zero-order valence-electron chi connectivity index (χ0n) is 12.3. The van der Waals surface area contributed by atoms with Crippen molar-refractivity contribution in [1.29, 1.82) is 0 Å². The summed E-state index contributed by atoms with van der Waals surface area (Å²) in [5, 5.41) is 20.1. The predicted molar refractivity (Wildman–Crippen MR) is 74.3 cm³/mol. The first-order chi connectivity index (χ1) is 10.4. The summed E-state index contributed by atoms with van der Waals surface area (Å²) in [5.41, 5.74) is -0.0494. The summed E-state index contributed by atoms with van der Waals surface area (Å²) in [4.78, 5) is 12.2. The van der Waals surface area contributed by atoms with Gasteiger partial charge in [-0.2, -0.15) is 8.78 Å².